The molecule has 2 atom stereocenters. The van der Waals surface area contributed by atoms with E-state index in [9.17, 15) is 14.3 Å². The number of carbonyl (C=O) groups is 1. The molecule has 0 bridgehead atoms. The van der Waals surface area contributed by atoms with Gasteiger partial charge in [0.2, 0.25) is 5.91 Å². The molecule has 0 aromatic heterocycles. The fraction of sp³-hybridized carbons (Fsp3) is 0.457. The Hall–Kier alpha value is -3.18. The highest BCUT2D eigenvalue weighted by atomic mass is 35.5. The maximum Gasteiger partial charge on any atom is 0.227 e. The van der Waals surface area contributed by atoms with E-state index >= 15 is 4.39 Å². The number of halogens is 3. The topological polar surface area (TPSA) is 71.5 Å². The number of methoxy groups -OCH3 is 1. The summed E-state index contributed by atoms with van der Waals surface area (Å²) in [6.07, 6.45) is 0.176. The van der Waals surface area contributed by atoms with Gasteiger partial charge in [0.05, 0.1) is 36.2 Å². The molecule has 3 aromatic carbocycles. The molecule has 0 unspecified atom stereocenters. The summed E-state index contributed by atoms with van der Waals surface area (Å²) in [5.41, 5.74) is 0.915. The SMILES string of the molecule is COc1ccc(CN2C(=O)CCc3c(OC[C@]4(O)CCN(c5ccc(F)cc5Cl)C[C@H]4O[Si](C)(C)C(C)(C)C)ccc(F)c32)cc1. The molecule has 2 aliphatic heterocycles. The van der Waals surface area contributed by atoms with Gasteiger partial charge in [-0.05, 0) is 79.0 Å². The maximum absolute atomic E-state index is 15.4. The lowest BCUT2D eigenvalue weighted by atomic mass is 9.89. The lowest BCUT2D eigenvalue weighted by Gasteiger charge is -2.49. The van der Waals surface area contributed by atoms with Gasteiger partial charge in [-0.1, -0.05) is 44.5 Å². The lowest BCUT2D eigenvalue weighted by molar-refractivity contribution is -0.119. The van der Waals surface area contributed by atoms with E-state index in [1.165, 1.54) is 23.1 Å². The predicted octanol–water partition coefficient (Wildman–Crippen LogP) is 7.52. The molecule has 0 saturated carbocycles. The first-order valence-corrected chi connectivity index (χ1v) is 18.9. The van der Waals surface area contributed by atoms with E-state index < -0.39 is 31.7 Å². The van der Waals surface area contributed by atoms with Crippen molar-refractivity contribution in [1.29, 1.82) is 0 Å². The van der Waals surface area contributed by atoms with Crippen LogP contribution >= 0.6 is 11.6 Å². The predicted molar refractivity (Wildman–Crippen MR) is 180 cm³/mol. The molecule has 1 amide bonds. The Kier molecular flexibility index (Phi) is 9.76. The van der Waals surface area contributed by atoms with E-state index in [-0.39, 0.29) is 36.2 Å². The molecular weight excluding hydrogens is 630 g/mol. The number of amides is 1. The molecule has 0 aliphatic carbocycles. The first-order valence-electron chi connectivity index (χ1n) is 15.6. The fourth-order valence-electron chi connectivity index (χ4n) is 5.78. The summed E-state index contributed by atoms with van der Waals surface area (Å²) in [4.78, 5) is 16.5. The second kappa shape index (κ2) is 13.1. The Bertz CT molecular complexity index is 1580. The number of anilines is 2. The minimum Gasteiger partial charge on any atom is -0.497 e. The van der Waals surface area contributed by atoms with E-state index in [1.54, 1.807) is 31.4 Å². The van der Waals surface area contributed by atoms with Crippen molar-refractivity contribution in [3.63, 3.8) is 0 Å². The van der Waals surface area contributed by atoms with Gasteiger partial charge in [0.1, 0.15) is 35.3 Å². The Balaban J connectivity index is 1.41. The molecule has 7 nitrogen and oxygen atoms in total. The summed E-state index contributed by atoms with van der Waals surface area (Å²) >= 11 is 6.43. The summed E-state index contributed by atoms with van der Waals surface area (Å²) in [7, 11) is -0.788. The number of rotatable bonds is 9. The van der Waals surface area contributed by atoms with Gasteiger partial charge in [-0.3, -0.25) is 4.79 Å². The van der Waals surface area contributed by atoms with Gasteiger partial charge in [0.25, 0.3) is 0 Å². The first kappa shape index (κ1) is 34.2. The zero-order valence-electron chi connectivity index (χ0n) is 27.3. The molecule has 3 aromatic rings. The van der Waals surface area contributed by atoms with E-state index in [0.29, 0.717) is 53.7 Å². The van der Waals surface area contributed by atoms with Crippen LogP contribution in [-0.4, -0.2) is 57.8 Å². The van der Waals surface area contributed by atoms with Crippen molar-refractivity contribution in [2.24, 2.45) is 0 Å². The van der Waals surface area contributed by atoms with Gasteiger partial charge in [-0.25, -0.2) is 8.78 Å². The van der Waals surface area contributed by atoms with E-state index in [0.717, 1.165) is 5.56 Å². The quantitative estimate of drug-likeness (QED) is 0.237. The van der Waals surface area contributed by atoms with Crippen molar-refractivity contribution in [3.8, 4) is 11.5 Å². The number of carbonyl (C=O) groups excluding carboxylic acids is 1. The Morgan fingerprint density at radius 3 is 2.43 bits per heavy atom. The average molecular weight is 673 g/mol. The maximum atomic E-state index is 15.4. The third-order valence-corrected chi connectivity index (χ3v) is 14.4. The van der Waals surface area contributed by atoms with Crippen LogP contribution in [0.15, 0.2) is 54.6 Å². The lowest BCUT2D eigenvalue weighted by Crippen LogP contribution is -2.63. The van der Waals surface area contributed by atoms with Crippen LogP contribution in [-0.2, 0) is 22.2 Å². The van der Waals surface area contributed by atoms with Gasteiger partial charge < -0.3 is 28.8 Å². The zero-order valence-corrected chi connectivity index (χ0v) is 29.1. The molecule has 46 heavy (non-hydrogen) atoms. The summed E-state index contributed by atoms with van der Waals surface area (Å²) in [6.45, 7) is 11.5. The summed E-state index contributed by atoms with van der Waals surface area (Å²) in [5.74, 6) is 0.0130. The van der Waals surface area contributed by atoms with Crippen molar-refractivity contribution in [2.75, 3.05) is 36.6 Å². The number of hydrogen-bond acceptors (Lipinski definition) is 6. The van der Waals surface area contributed by atoms with Crippen molar-refractivity contribution < 1.29 is 32.6 Å². The monoisotopic (exact) mass is 672 g/mol. The van der Waals surface area contributed by atoms with Crippen LogP contribution in [0, 0.1) is 11.6 Å². The third kappa shape index (κ3) is 7.05. The average Bonchev–Trinajstić information content (AvgIpc) is 2.99. The highest BCUT2D eigenvalue weighted by Crippen LogP contribution is 2.42. The van der Waals surface area contributed by atoms with Crippen molar-refractivity contribution in [2.45, 2.75) is 76.4 Å². The second-order valence-corrected chi connectivity index (χ2v) is 18.9. The van der Waals surface area contributed by atoms with Crippen molar-refractivity contribution in [3.05, 3.63) is 82.4 Å². The molecule has 0 radical (unpaired) electrons. The third-order valence-electron chi connectivity index (χ3n) is 9.62. The van der Waals surface area contributed by atoms with Gasteiger partial charge >= 0.3 is 0 Å². The Morgan fingerprint density at radius 2 is 1.78 bits per heavy atom. The largest absolute Gasteiger partial charge is 0.497 e. The minimum atomic E-state index is -2.37. The smallest absolute Gasteiger partial charge is 0.227 e. The molecule has 1 fully saturated rings. The number of nitrogens with zero attached hydrogens (tertiary/aromatic N) is 2. The fourth-order valence-corrected chi connectivity index (χ4v) is 7.43. The van der Waals surface area contributed by atoms with E-state index in [2.05, 4.69) is 33.9 Å². The van der Waals surface area contributed by atoms with E-state index in [1.807, 2.05) is 17.0 Å². The number of fused-ring (bicyclic) bond motifs is 1. The Morgan fingerprint density at radius 1 is 1.07 bits per heavy atom. The van der Waals surface area contributed by atoms with Gasteiger partial charge in [-0.2, -0.15) is 0 Å². The van der Waals surface area contributed by atoms with Crippen LogP contribution in [0.2, 0.25) is 23.2 Å². The highest BCUT2D eigenvalue weighted by Gasteiger charge is 2.49. The molecule has 0 spiro atoms. The number of piperidine rings is 1. The zero-order chi connectivity index (χ0) is 33.4. The van der Waals surface area contributed by atoms with E-state index in [4.69, 9.17) is 25.5 Å². The first-order chi connectivity index (χ1) is 21.6. The van der Waals surface area contributed by atoms with Crippen LogP contribution in [0.3, 0.4) is 0 Å². The van der Waals surface area contributed by atoms with Crippen LogP contribution in [0.25, 0.3) is 0 Å². The molecule has 2 heterocycles. The summed E-state index contributed by atoms with van der Waals surface area (Å²) < 4.78 is 47.7. The molecule has 1 saturated heterocycles. The Labute approximate surface area is 276 Å². The van der Waals surface area contributed by atoms with Gasteiger partial charge in [0, 0.05) is 25.1 Å². The standard InChI is InChI=1S/C35H43ClF2N2O5Si/c1-34(2,3)46(5,6)45-31-21-39(29-14-9-24(37)19-27(29)36)18-17-35(31,42)22-44-30-15-13-28(38)33-26(30)12-16-32(41)40(33)20-23-7-10-25(43-4)11-8-23/h7-11,13-15,19,31,42H,12,16-18,20-22H2,1-6H3/t31-,35-/m1/s1. The number of hydrogen-bond donors (Lipinski definition) is 1. The number of aliphatic hydroxyl groups is 1. The number of ether oxygens (including phenoxy) is 2. The van der Waals surface area contributed by atoms with Crippen molar-refractivity contribution >= 4 is 37.2 Å². The highest BCUT2D eigenvalue weighted by molar-refractivity contribution is 6.74. The van der Waals surface area contributed by atoms with Crippen LogP contribution in [0.5, 0.6) is 11.5 Å². The molecule has 2 aliphatic rings. The molecule has 11 heteroatoms. The summed E-state index contributed by atoms with van der Waals surface area (Å²) in [6, 6.07) is 14.5. The molecule has 248 valence electrons. The molecule has 1 N–H and O–H groups in total. The second-order valence-electron chi connectivity index (χ2n) is 13.8. The molecular formula is C35H43ClF2N2O5Si. The summed E-state index contributed by atoms with van der Waals surface area (Å²) in [5, 5.41) is 12.4. The van der Waals surface area contributed by atoms with Gasteiger partial charge in [-0.15, -0.1) is 0 Å². The van der Waals surface area contributed by atoms with Gasteiger partial charge in [0.15, 0.2) is 8.32 Å². The van der Waals surface area contributed by atoms with Crippen molar-refractivity contribution in [1.82, 2.24) is 0 Å². The van der Waals surface area contributed by atoms with Crippen LogP contribution in [0.1, 0.15) is 44.7 Å². The van der Waals surface area contributed by atoms with Crippen LogP contribution in [0.4, 0.5) is 20.2 Å². The normalized spacial score (nSPS) is 20.5. The number of benzene rings is 3. The minimum absolute atomic E-state index is 0.0955. The van der Waals surface area contributed by atoms with Crippen LogP contribution < -0.4 is 19.3 Å². The molecule has 5 rings (SSSR count).